The van der Waals surface area contributed by atoms with Crippen LogP contribution in [0, 0.1) is 0 Å². The van der Waals surface area contributed by atoms with E-state index in [1.165, 1.54) is 5.06 Å². The van der Waals surface area contributed by atoms with Crippen molar-refractivity contribution in [2.45, 2.75) is 32.1 Å². The molecule has 0 fully saturated rings. The van der Waals surface area contributed by atoms with Crippen molar-refractivity contribution < 1.29 is 9.77 Å². The molecule has 0 saturated heterocycles. The van der Waals surface area contributed by atoms with Gasteiger partial charge in [0.2, 0.25) is 0 Å². The molecule has 1 N–H and O–H groups in total. The lowest BCUT2D eigenvalue weighted by atomic mass is 10.2. The minimum Gasteiger partial charge on any atom is -0.313 e. The van der Waals surface area contributed by atoms with Gasteiger partial charge in [0.15, 0.2) is 7.14 Å². The van der Waals surface area contributed by atoms with Gasteiger partial charge in [-0.05, 0) is 12.0 Å². The van der Waals surface area contributed by atoms with E-state index in [1.807, 2.05) is 91.0 Å². The zero-order valence-electron chi connectivity index (χ0n) is 15.6. The fourth-order valence-electron chi connectivity index (χ4n) is 3.44. The van der Waals surface area contributed by atoms with Crippen molar-refractivity contribution in [3.63, 3.8) is 0 Å². The highest BCUT2D eigenvalue weighted by Crippen LogP contribution is 2.51. The zero-order valence-corrected chi connectivity index (χ0v) is 16.5. The average molecular weight is 379 g/mol. The van der Waals surface area contributed by atoms with E-state index in [1.54, 1.807) is 0 Å². The lowest BCUT2D eigenvalue weighted by molar-refractivity contribution is -0.114. The van der Waals surface area contributed by atoms with Crippen molar-refractivity contribution in [1.29, 1.82) is 0 Å². The van der Waals surface area contributed by atoms with Crippen LogP contribution in [-0.2, 0) is 11.1 Å². The van der Waals surface area contributed by atoms with Crippen LogP contribution in [0.4, 0.5) is 0 Å². The van der Waals surface area contributed by atoms with Crippen molar-refractivity contribution in [3.8, 4) is 0 Å². The predicted molar refractivity (Wildman–Crippen MR) is 112 cm³/mol. The molecule has 140 valence electrons. The second kappa shape index (κ2) is 9.14. The van der Waals surface area contributed by atoms with Gasteiger partial charge >= 0.3 is 0 Å². The fourth-order valence-corrected chi connectivity index (χ4v) is 6.74. The summed E-state index contributed by atoms with van der Waals surface area (Å²) in [6.45, 7) is 2.40. The molecule has 3 nitrogen and oxygen atoms in total. The molecule has 3 aromatic rings. The lowest BCUT2D eigenvalue weighted by Crippen LogP contribution is -2.38. The third-order valence-corrected chi connectivity index (χ3v) is 8.27. The number of hydrogen-bond acceptors (Lipinski definition) is 3. The Morgan fingerprint density at radius 2 is 1.26 bits per heavy atom. The number of benzene rings is 3. The Hall–Kier alpha value is -2.19. The normalized spacial score (nSPS) is 12.9. The molecule has 0 aliphatic carbocycles. The Kier molecular flexibility index (Phi) is 6.63. The summed E-state index contributed by atoms with van der Waals surface area (Å²) in [4.78, 5) is 0. The standard InChI is InChI=1S/C23H26NO2P/c1-2-12-23(24(25)19-20-13-6-3-7-14-20)27(26,21-15-8-4-9-16-21)22-17-10-5-11-18-22/h3-11,13-18,23,25H,2,12,19H2,1H3. The van der Waals surface area contributed by atoms with E-state index in [0.717, 1.165) is 22.6 Å². The monoisotopic (exact) mass is 379 g/mol. The Labute approximate surface area is 161 Å². The molecule has 0 saturated carbocycles. The summed E-state index contributed by atoms with van der Waals surface area (Å²) in [6.07, 6.45) is 1.48. The van der Waals surface area contributed by atoms with Gasteiger partial charge in [-0.3, -0.25) is 0 Å². The smallest absolute Gasteiger partial charge is 0.161 e. The van der Waals surface area contributed by atoms with E-state index in [4.69, 9.17) is 0 Å². The molecule has 3 rings (SSSR count). The first-order valence-corrected chi connectivity index (χ1v) is 11.1. The molecule has 0 heterocycles. The lowest BCUT2D eigenvalue weighted by Gasteiger charge is -2.34. The number of hydrogen-bond donors (Lipinski definition) is 1. The number of nitrogens with zero attached hydrogens (tertiary/aromatic N) is 1. The first-order chi connectivity index (χ1) is 13.2. The van der Waals surface area contributed by atoms with Gasteiger partial charge in [0.05, 0.1) is 5.78 Å². The van der Waals surface area contributed by atoms with E-state index in [2.05, 4.69) is 6.92 Å². The topological polar surface area (TPSA) is 40.5 Å². The van der Waals surface area contributed by atoms with Crippen LogP contribution < -0.4 is 10.6 Å². The fraction of sp³-hybridized carbons (Fsp3) is 0.217. The van der Waals surface area contributed by atoms with Crippen LogP contribution in [0.1, 0.15) is 25.3 Å². The van der Waals surface area contributed by atoms with Gasteiger partial charge in [-0.15, -0.1) is 0 Å². The molecule has 3 aromatic carbocycles. The molecule has 0 aliphatic heterocycles. The van der Waals surface area contributed by atoms with Crippen LogP contribution in [0.15, 0.2) is 91.0 Å². The largest absolute Gasteiger partial charge is 0.313 e. The second-order valence-electron chi connectivity index (χ2n) is 6.68. The number of rotatable bonds is 8. The van der Waals surface area contributed by atoms with Gasteiger partial charge in [0, 0.05) is 17.2 Å². The van der Waals surface area contributed by atoms with E-state index in [0.29, 0.717) is 13.0 Å². The van der Waals surface area contributed by atoms with Crippen molar-refractivity contribution >= 4 is 17.8 Å². The predicted octanol–water partition coefficient (Wildman–Crippen LogP) is 5.02. The highest BCUT2D eigenvalue weighted by atomic mass is 31.2. The maximum Gasteiger partial charge on any atom is 0.161 e. The van der Waals surface area contributed by atoms with Crippen molar-refractivity contribution in [2.75, 3.05) is 0 Å². The maximum atomic E-state index is 14.5. The summed E-state index contributed by atoms with van der Waals surface area (Å²) in [5.74, 6) is -0.479. The Bertz CT molecular complexity index is 825. The first-order valence-electron chi connectivity index (χ1n) is 9.36. The van der Waals surface area contributed by atoms with Gasteiger partial charge < -0.3 is 9.77 Å². The SMILES string of the molecule is CCCC(N(O)Cc1ccccc1)P(=O)(c1ccccc1)c1ccccc1. The average Bonchev–Trinajstić information content (AvgIpc) is 2.73. The van der Waals surface area contributed by atoms with Crippen LogP contribution >= 0.6 is 7.14 Å². The highest BCUT2D eigenvalue weighted by Gasteiger charge is 2.39. The first kappa shape index (κ1) is 19.6. The summed E-state index contributed by atoms with van der Waals surface area (Å²) in [7, 11) is -3.07. The van der Waals surface area contributed by atoms with Gasteiger partial charge in [0.1, 0.15) is 0 Å². The van der Waals surface area contributed by atoms with Gasteiger partial charge in [0.25, 0.3) is 0 Å². The third-order valence-electron chi connectivity index (χ3n) is 4.78. The van der Waals surface area contributed by atoms with Gasteiger partial charge in [-0.1, -0.05) is 104 Å². The minimum absolute atomic E-state index is 0.342. The molecular weight excluding hydrogens is 353 g/mol. The molecular formula is C23H26NO2P. The molecule has 0 bridgehead atoms. The van der Waals surface area contributed by atoms with E-state index in [9.17, 15) is 9.77 Å². The summed E-state index contributed by atoms with van der Waals surface area (Å²) >= 11 is 0. The summed E-state index contributed by atoms with van der Waals surface area (Å²) in [5.41, 5.74) is 0.994. The molecule has 27 heavy (non-hydrogen) atoms. The minimum atomic E-state index is -3.07. The summed E-state index contributed by atoms with van der Waals surface area (Å²) in [6, 6.07) is 28.9. The molecule has 1 atom stereocenters. The van der Waals surface area contributed by atoms with E-state index >= 15 is 0 Å². The summed E-state index contributed by atoms with van der Waals surface area (Å²) in [5, 5.41) is 13.8. The molecule has 0 aromatic heterocycles. The van der Waals surface area contributed by atoms with Crippen LogP contribution in [-0.4, -0.2) is 16.1 Å². The van der Waals surface area contributed by atoms with E-state index < -0.39 is 12.9 Å². The van der Waals surface area contributed by atoms with Crippen LogP contribution in [0.25, 0.3) is 0 Å². The van der Waals surface area contributed by atoms with Crippen LogP contribution in [0.5, 0.6) is 0 Å². The maximum absolute atomic E-state index is 14.5. The third kappa shape index (κ3) is 4.39. The second-order valence-corrected chi connectivity index (χ2v) is 9.63. The Morgan fingerprint density at radius 1 is 0.815 bits per heavy atom. The van der Waals surface area contributed by atoms with Crippen LogP contribution in [0.2, 0.25) is 0 Å². The van der Waals surface area contributed by atoms with Crippen molar-refractivity contribution in [1.82, 2.24) is 5.06 Å². The molecule has 0 radical (unpaired) electrons. The quantitative estimate of drug-likeness (QED) is 0.441. The summed E-state index contributed by atoms with van der Waals surface area (Å²) < 4.78 is 14.5. The molecule has 0 spiro atoms. The molecule has 1 unspecified atom stereocenters. The van der Waals surface area contributed by atoms with Crippen LogP contribution in [0.3, 0.4) is 0 Å². The molecule has 0 amide bonds. The van der Waals surface area contributed by atoms with Crippen molar-refractivity contribution in [3.05, 3.63) is 96.6 Å². The zero-order chi connectivity index (χ0) is 19.1. The molecule has 0 aliphatic rings. The van der Waals surface area contributed by atoms with E-state index in [-0.39, 0.29) is 0 Å². The van der Waals surface area contributed by atoms with Gasteiger partial charge in [-0.2, -0.15) is 5.06 Å². The van der Waals surface area contributed by atoms with Crippen molar-refractivity contribution in [2.24, 2.45) is 0 Å². The number of hydroxylamine groups is 2. The Morgan fingerprint density at radius 3 is 1.70 bits per heavy atom. The highest BCUT2D eigenvalue weighted by molar-refractivity contribution is 7.79. The molecule has 4 heteroatoms. The Balaban J connectivity index is 2.05. The van der Waals surface area contributed by atoms with Gasteiger partial charge in [-0.25, -0.2) is 0 Å².